The fourth-order valence-corrected chi connectivity index (χ4v) is 4.67. The summed E-state index contributed by atoms with van der Waals surface area (Å²) in [5.74, 6) is -0.564. The van der Waals surface area contributed by atoms with Crippen molar-refractivity contribution >= 4 is 33.6 Å². The van der Waals surface area contributed by atoms with E-state index in [0.29, 0.717) is 27.3 Å². The maximum Gasteiger partial charge on any atom is 0.426 e. The molecule has 0 radical (unpaired) electrons. The van der Waals surface area contributed by atoms with Gasteiger partial charge in [-0.25, -0.2) is 20.0 Å². The number of hydrazine groups is 1. The van der Waals surface area contributed by atoms with Crippen molar-refractivity contribution in [3.05, 3.63) is 43.6 Å². The fourth-order valence-electron chi connectivity index (χ4n) is 3.37. The summed E-state index contributed by atoms with van der Waals surface area (Å²) in [5.41, 5.74) is 1.37. The van der Waals surface area contributed by atoms with E-state index in [0.717, 1.165) is 9.58 Å². The summed E-state index contributed by atoms with van der Waals surface area (Å²) >= 11 is 1.20. The Morgan fingerprint density at radius 2 is 1.70 bits per heavy atom. The zero-order valence-electron chi connectivity index (χ0n) is 22.4. The first-order valence-electron chi connectivity index (χ1n) is 11.8. The van der Waals surface area contributed by atoms with Crippen LogP contribution in [0.2, 0.25) is 0 Å². The van der Waals surface area contributed by atoms with Crippen LogP contribution in [0.4, 0.5) is 4.79 Å². The maximum absolute atomic E-state index is 13.3. The van der Waals surface area contributed by atoms with Gasteiger partial charge in [-0.05, 0) is 40.2 Å². The molecule has 0 aromatic carbocycles. The molecule has 37 heavy (non-hydrogen) atoms. The number of nitrogens with one attached hydrogen (secondary N) is 1. The molecule has 0 aliphatic heterocycles. The molecule has 0 atom stereocenters. The molecule has 0 fully saturated rings. The third-order valence-electron chi connectivity index (χ3n) is 5.10. The van der Waals surface area contributed by atoms with Crippen molar-refractivity contribution in [2.75, 3.05) is 34.0 Å². The summed E-state index contributed by atoms with van der Waals surface area (Å²) in [4.78, 5) is 52.9. The van der Waals surface area contributed by atoms with Gasteiger partial charge in [-0.1, -0.05) is 0 Å². The van der Waals surface area contributed by atoms with E-state index in [4.69, 9.17) is 18.9 Å². The van der Waals surface area contributed by atoms with Gasteiger partial charge in [0.15, 0.2) is 0 Å². The number of thiophene rings is 1. The number of amides is 2. The second kappa shape index (κ2) is 13.4. The lowest BCUT2D eigenvalue weighted by molar-refractivity contribution is -0.129. The van der Waals surface area contributed by atoms with Gasteiger partial charge in [0.2, 0.25) is 0 Å². The van der Waals surface area contributed by atoms with E-state index >= 15 is 0 Å². The summed E-state index contributed by atoms with van der Waals surface area (Å²) < 4.78 is 23.3. The minimum absolute atomic E-state index is 0.0737. The number of rotatable bonds is 11. The van der Waals surface area contributed by atoms with E-state index in [1.165, 1.54) is 42.5 Å². The Bertz CT molecular complexity index is 1240. The molecule has 0 saturated carbocycles. The molecule has 206 valence electrons. The number of fused-ring (bicyclic) bond motifs is 1. The monoisotopic (exact) mass is 540 g/mol. The van der Waals surface area contributed by atoms with Gasteiger partial charge in [0.25, 0.3) is 11.5 Å². The van der Waals surface area contributed by atoms with E-state index in [1.54, 1.807) is 34.6 Å². The molecule has 2 aromatic rings. The summed E-state index contributed by atoms with van der Waals surface area (Å²) in [6, 6.07) is 0. The Labute approximate surface area is 219 Å². The molecule has 2 amide bonds. The molecule has 2 heterocycles. The number of hydrogen-bond donors (Lipinski definition) is 1. The van der Waals surface area contributed by atoms with E-state index in [2.05, 4.69) is 5.43 Å². The maximum atomic E-state index is 13.3. The van der Waals surface area contributed by atoms with Crippen molar-refractivity contribution in [2.24, 2.45) is 0 Å². The summed E-state index contributed by atoms with van der Waals surface area (Å²) in [5, 5.41) is 1.43. The van der Waals surface area contributed by atoms with Gasteiger partial charge in [0.05, 0.1) is 51.1 Å². The number of aryl methyl sites for hydroxylation is 1. The van der Waals surface area contributed by atoms with E-state index < -0.39 is 28.9 Å². The van der Waals surface area contributed by atoms with Gasteiger partial charge in [-0.2, -0.15) is 0 Å². The Morgan fingerprint density at radius 1 is 1.08 bits per heavy atom. The second-order valence-corrected chi connectivity index (χ2v) is 10.1. The number of aromatic nitrogens is 2. The van der Waals surface area contributed by atoms with Gasteiger partial charge in [0.1, 0.15) is 10.4 Å². The molecule has 0 aliphatic rings. The molecule has 0 bridgehead atoms. The predicted octanol–water partition coefficient (Wildman–Crippen LogP) is 2.14. The third kappa shape index (κ3) is 7.91. The van der Waals surface area contributed by atoms with Crippen molar-refractivity contribution < 1.29 is 28.5 Å². The van der Waals surface area contributed by atoms with Crippen molar-refractivity contribution in [1.29, 1.82) is 0 Å². The SMILES string of the molecule is CCO/C=C/C(=O)N(Cc1sc2c(c1C)c(=O)n(CCOC)c(=O)n2CCOC)NC(=O)OC(C)(C)C. The highest BCUT2D eigenvalue weighted by Gasteiger charge is 2.25. The van der Waals surface area contributed by atoms with Crippen LogP contribution < -0.4 is 16.7 Å². The first-order chi connectivity index (χ1) is 17.4. The van der Waals surface area contributed by atoms with Gasteiger partial charge in [0, 0.05) is 25.2 Å². The van der Waals surface area contributed by atoms with E-state index in [9.17, 15) is 19.2 Å². The lowest BCUT2D eigenvalue weighted by Crippen LogP contribution is -2.47. The molecular weight excluding hydrogens is 504 g/mol. The minimum atomic E-state index is -0.816. The predicted molar refractivity (Wildman–Crippen MR) is 140 cm³/mol. The number of methoxy groups -OCH3 is 2. The normalized spacial score (nSPS) is 11.8. The Morgan fingerprint density at radius 3 is 2.27 bits per heavy atom. The van der Waals surface area contributed by atoms with Crippen LogP contribution in [0.1, 0.15) is 38.1 Å². The molecular formula is C24H36N4O8S. The van der Waals surface area contributed by atoms with Crippen LogP contribution >= 0.6 is 11.3 Å². The van der Waals surface area contributed by atoms with Gasteiger partial charge < -0.3 is 18.9 Å². The molecule has 2 aromatic heterocycles. The van der Waals surface area contributed by atoms with Crippen LogP contribution in [0.25, 0.3) is 10.2 Å². The summed E-state index contributed by atoms with van der Waals surface area (Å²) in [6.45, 7) is 9.70. The van der Waals surface area contributed by atoms with Crippen LogP contribution in [-0.2, 0) is 43.4 Å². The summed E-state index contributed by atoms with van der Waals surface area (Å²) in [6.07, 6.45) is 1.60. The number of ether oxygens (including phenoxy) is 4. The van der Waals surface area contributed by atoms with E-state index in [-0.39, 0.29) is 32.8 Å². The number of nitrogens with zero attached hydrogens (tertiary/aromatic N) is 3. The Kier molecular flexibility index (Phi) is 10.9. The van der Waals surface area contributed by atoms with Crippen molar-refractivity contribution in [1.82, 2.24) is 19.6 Å². The Balaban J connectivity index is 2.58. The molecule has 2 rings (SSSR count). The topological polar surface area (TPSA) is 130 Å². The molecule has 0 aliphatic carbocycles. The van der Waals surface area contributed by atoms with Crippen molar-refractivity contribution in [2.45, 2.75) is 59.9 Å². The fraction of sp³-hybridized carbons (Fsp3) is 0.583. The first kappa shape index (κ1) is 30.1. The van der Waals surface area contributed by atoms with Crippen molar-refractivity contribution in [3.63, 3.8) is 0 Å². The molecule has 0 saturated heterocycles. The highest BCUT2D eigenvalue weighted by molar-refractivity contribution is 7.18. The third-order valence-corrected chi connectivity index (χ3v) is 6.40. The lowest BCUT2D eigenvalue weighted by atomic mass is 10.2. The summed E-state index contributed by atoms with van der Waals surface area (Å²) in [7, 11) is 3.01. The molecule has 0 unspecified atom stereocenters. The molecule has 0 spiro atoms. The number of carbonyl (C=O) groups excluding carboxylic acids is 2. The average molecular weight is 541 g/mol. The van der Waals surface area contributed by atoms with Crippen molar-refractivity contribution in [3.8, 4) is 0 Å². The highest BCUT2D eigenvalue weighted by Crippen LogP contribution is 2.29. The van der Waals surface area contributed by atoms with Crippen LogP contribution in [0.15, 0.2) is 21.9 Å². The molecule has 13 heteroatoms. The van der Waals surface area contributed by atoms with Crippen LogP contribution in [0.5, 0.6) is 0 Å². The molecule has 12 nitrogen and oxygen atoms in total. The average Bonchev–Trinajstić information content (AvgIpc) is 3.13. The second-order valence-electron chi connectivity index (χ2n) is 9.00. The zero-order chi connectivity index (χ0) is 27.8. The molecule has 1 N–H and O–H groups in total. The number of carbonyl (C=O) groups is 2. The smallest absolute Gasteiger partial charge is 0.426 e. The first-order valence-corrected chi connectivity index (χ1v) is 12.6. The van der Waals surface area contributed by atoms with E-state index in [1.807, 2.05) is 0 Å². The quantitative estimate of drug-likeness (QED) is 0.261. The highest BCUT2D eigenvalue weighted by atomic mass is 32.1. The zero-order valence-corrected chi connectivity index (χ0v) is 23.2. The largest absolute Gasteiger partial charge is 0.501 e. The number of hydrogen-bond acceptors (Lipinski definition) is 9. The standard InChI is InChI=1S/C24H36N4O8S/c1-8-35-12-9-18(29)28(25-22(31)36-24(3,4)5)15-17-16(2)19-20(30)26(10-13-33-6)23(32)27(11-14-34-7)21(19)37-17/h9,12H,8,10-11,13-15H2,1-7H3,(H,25,31)/b12-9+. The van der Waals surface area contributed by atoms with Gasteiger partial charge >= 0.3 is 11.8 Å². The van der Waals surface area contributed by atoms with Crippen LogP contribution in [0, 0.1) is 6.92 Å². The minimum Gasteiger partial charge on any atom is -0.501 e. The van der Waals surface area contributed by atoms with Crippen LogP contribution in [-0.4, -0.2) is 65.8 Å². The lowest BCUT2D eigenvalue weighted by Gasteiger charge is -2.25. The Hall–Kier alpha value is -3.16. The van der Waals surface area contributed by atoms with Gasteiger partial charge in [-0.3, -0.25) is 18.7 Å². The van der Waals surface area contributed by atoms with Crippen LogP contribution in [0.3, 0.4) is 0 Å². The van der Waals surface area contributed by atoms with Gasteiger partial charge in [-0.15, -0.1) is 11.3 Å².